The Balaban J connectivity index is 1.89. The van der Waals surface area contributed by atoms with Crippen LogP contribution < -0.4 is 5.73 Å². The lowest BCUT2D eigenvalue weighted by molar-refractivity contribution is -0.239. The zero-order valence-electron chi connectivity index (χ0n) is 12.9. The number of carbonyl (C=O) groups excluding carboxylic acids is 1. The van der Waals surface area contributed by atoms with Gasteiger partial charge in [0, 0.05) is 17.8 Å². The van der Waals surface area contributed by atoms with E-state index in [4.69, 9.17) is 15.2 Å². The molecule has 0 unspecified atom stereocenters. The van der Waals surface area contributed by atoms with E-state index in [1.54, 1.807) is 23.3 Å². The minimum Gasteiger partial charge on any atom is -0.396 e. The van der Waals surface area contributed by atoms with Gasteiger partial charge in [-0.3, -0.25) is 9.48 Å². The summed E-state index contributed by atoms with van der Waals surface area (Å²) in [6.07, 6.45) is 1.06. The maximum Gasteiger partial charge on any atom is 0.268 e. The van der Waals surface area contributed by atoms with Gasteiger partial charge < -0.3 is 20.3 Å². The van der Waals surface area contributed by atoms with E-state index in [1.807, 2.05) is 6.92 Å². The van der Waals surface area contributed by atoms with E-state index in [9.17, 15) is 9.90 Å². The van der Waals surface area contributed by atoms with E-state index in [-0.39, 0.29) is 12.3 Å². The molecule has 3 heterocycles. The van der Waals surface area contributed by atoms with Crippen molar-refractivity contribution in [3.05, 3.63) is 23.0 Å². The Morgan fingerprint density at radius 3 is 2.83 bits per heavy atom. The Kier molecular flexibility index (Phi) is 4.19. The number of aryl methyl sites for hydroxylation is 1. The molecule has 0 bridgehead atoms. The van der Waals surface area contributed by atoms with Crippen LogP contribution in [0.5, 0.6) is 0 Å². The molecular weight excluding hydrogens is 320 g/mol. The normalized spacial score (nSPS) is 24.7. The molecule has 124 valence electrons. The maximum atomic E-state index is 11.2. The Hall–Kier alpha value is -1.81. The summed E-state index contributed by atoms with van der Waals surface area (Å²) in [7, 11) is 1.79. The van der Waals surface area contributed by atoms with Gasteiger partial charge in [0.15, 0.2) is 0 Å². The van der Waals surface area contributed by atoms with Crippen molar-refractivity contribution in [2.24, 2.45) is 18.2 Å². The first-order valence-electron chi connectivity index (χ1n) is 7.05. The van der Waals surface area contributed by atoms with Gasteiger partial charge in [-0.15, -0.1) is 11.3 Å². The van der Waals surface area contributed by atoms with E-state index < -0.39 is 17.6 Å². The smallest absolute Gasteiger partial charge is 0.268 e. The first-order chi connectivity index (χ1) is 10.9. The Labute approximate surface area is 136 Å². The number of nitrogens with two attached hydrogens (primary N) is 1. The van der Waals surface area contributed by atoms with Gasteiger partial charge >= 0.3 is 0 Å². The quantitative estimate of drug-likeness (QED) is 0.848. The van der Waals surface area contributed by atoms with Gasteiger partial charge in [-0.25, -0.2) is 4.98 Å². The summed E-state index contributed by atoms with van der Waals surface area (Å²) in [5.74, 6) is -0.568. The Morgan fingerprint density at radius 1 is 1.57 bits per heavy atom. The van der Waals surface area contributed by atoms with Gasteiger partial charge in [0.25, 0.3) is 5.91 Å². The van der Waals surface area contributed by atoms with Crippen LogP contribution in [0.15, 0.2) is 11.6 Å². The standard InChI is InChI=1S/C14H18N4O4S/c1-14(5-19)6-21-13(22-7-14)10-8(3-16-18(10)2)12-17-9(4-23-12)11(15)20/h3-4,13,19H,5-7H2,1-2H3,(H2,15,20). The average Bonchev–Trinajstić information content (AvgIpc) is 3.15. The predicted octanol–water partition coefficient (Wildman–Crippen LogP) is 0.686. The Bertz CT molecular complexity index is 718. The van der Waals surface area contributed by atoms with Gasteiger partial charge in [-0.1, -0.05) is 6.92 Å². The lowest BCUT2D eigenvalue weighted by atomic mass is 9.93. The summed E-state index contributed by atoms with van der Waals surface area (Å²) in [6.45, 7) is 2.64. The van der Waals surface area contributed by atoms with Crippen LogP contribution in [0.1, 0.15) is 29.4 Å². The zero-order valence-corrected chi connectivity index (χ0v) is 13.7. The molecule has 0 aliphatic carbocycles. The molecule has 2 aromatic rings. The number of aromatic nitrogens is 3. The molecule has 0 spiro atoms. The molecule has 23 heavy (non-hydrogen) atoms. The fourth-order valence-electron chi connectivity index (χ4n) is 2.29. The van der Waals surface area contributed by atoms with E-state index in [2.05, 4.69) is 10.1 Å². The molecule has 0 saturated carbocycles. The maximum absolute atomic E-state index is 11.2. The molecule has 9 heteroatoms. The van der Waals surface area contributed by atoms with Gasteiger partial charge in [0.2, 0.25) is 6.29 Å². The summed E-state index contributed by atoms with van der Waals surface area (Å²) >= 11 is 1.31. The van der Waals surface area contributed by atoms with Crippen molar-refractivity contribution < 1.29 is 19.4 Å². The van der Waals surface area contributed by atoms with Crippen LogP contribution >= 0.6 is 11.3 Å². The highest BCUT2D eigenvalue weighted by atomic mass is 32.1. The number of primary amides is 1. The number of carbonyl (C=O) groups is 1. The highest BCUT2D eigenvalue weighted by Gasteiger charge is 2.35. The SMILES string of the molecule is Cn1ncc(-c2nc(C(N)=O)cs2)c1C1OCC(C)(CO)CO1. The van der Waals surface area contributed by atoms with E-state index in [0.717, 1.165) is 11.3 Å². The third kappa shape index (κ3) is 3.00. The summed E-state index contributed by atoms with van der Waals surface area (Å²) in [5.41, 5.74) is 6.52. The van der Waals surface area contributed by atoms with Crippen LogP contribution in [0.4, 0.5) is 0 Å². The lowest BCUT2D eigenvalue weighted by Gasteiger charge is -2.36. The number of hydrogen-bond acceptors (Lipinski definition) is 7. The van der Waals surface area contributed by atoms with Gasteiger partial charge in [-0.2, -0.15) is 5.10 Å². The topological polar surface area (TPSA) is 112 Å². The highest BCUT2D eigenvalue weighted by molar-refractivity contribution is 7.13. The van der Waals surface area contributed by atoms with Gasteiger partial charge in [0.05, 0.1) is 31.6 Å². The number of thiazole rings is 1. The third-order valence-corrected chi connectivity index (χ3v) is 4.62. The van der Waals surface area contributed by atoms with Crippen molar-refractivity contribution >= 4 is 17.2 Å². The number of aliphatic hydroxyl groups excluding tert-OH is 1. The highest BCUT2D eigenvalue weighted by Crippen LogP contribution is 2.36. The number of aliphatic hydroxyl groups is 1. The number of hydrogen-bond donors (Lipinski definition) is 2. The number of nitrogens with zero attached hydrogens (tertiary/aromatic N) is 3. The molecule has 3 N–H and O–H groups in total. The molecule has 8 nitrogen and oxygen atoms in total. The molecule has 1 aliphatic heterocycles. The zero-order chi connectivity index (χ0) is 16.6. The fourth-order valence-corrected chi connectivity index (χ4v) is 3.12. The molecular formula is C14H18N4O4S. The Morgan fingerprint density at radius 2 is 2.26 bits per heavy atom. The minimum absolute atomic E-state index is 0.00752. The number of amides is 1. The summed E-state index contributed by atoms with van der Waals surface area (Å²) in [5, 5.41) is 15.9. The summed E-state index contributed by atoms with van der Waals surface area (Å²) in [6, 6.07) is 0. The molecule has 1 aliphatic rings. The minimum atomic E-state index is -0.599. The molecule has 0 atom stereocenters. The first kappa shape index (κ1) is 16.1. The van der Waals surface area contributed by atoms with Crippen molar-refractivity contribution in [3.63, 3.8) is 0 Å². The average molecular weight is 338 g/mol. The van der Waals surface area contributed by atoms with Crippen LogP contribution in [-0.4, -0.2) is 45.6 Å². The molecule has 3 rings (SSSR count). The van der Waals surface area contributed by atoms with E-state index >= 15 is 0 Å². The molecule has 1 saturated heterocycles. The third-order valence-electron chi connectivity index (χ3n) is 3.74. The van der Waals surface area contributed by atoms with Crippen molar-refractivity contribution in [1.82, 2.24) is 14.8 Å². The van der Waals surface area contributed by atoms with Crippen molar-refractivity contribution in [1.29, 1.82) is 0 Å². The van der Waals surface area contributed by atoms with E-state index in [0.29, 0.717) is 18.2 Å². The fraction of sp³-hybridized carbons (Fsp3) is 0.500. The lowest BCUT2D eigenvalue weighted by Crippen LogP contribution is -2.39. The van der Waals surface area contributed by atoms with Crippen LogP contribution in [0, 0.1) is 5.41 Å². The molecule has 1 amide bonds. The van der Waals surface area contributed by atoms with Crippen LogP contribution in [0.2, 0.25) is 0 Å². The summed E-state index contributed by atoms with van der Waals surface area (Å²) < 4.78 is 13.2. The monoisotopic (exact) mass is 338 g/mol. The predicted molar refractivity (Wildman–Crippen MR) is 82.7 cm³/mol. The van der Waals surface area contributed by atoms with Crippen LogP contribution in [0.25, 0.3) is 10.6 Å². The van der Waals surface area contributed by atoms with Gasteiger partial charge in [-0.05, 0) is 0 Å². The summed E-state index contributed by atoms with van der Waals surface area (Å²) in [4.78, 5) is 15.4. The van der Waals surface area contributed by atoms with Crippen LogP contribution in [0.3, 0.4) is 0 Å². The molecule has 0 radical (unpaired) electrons. The second-order valence-electron chi connectivity index (χ2n) is 5.89. The molecule has 2 aromatic heterocycles. The second kappa shape index (κ2) is 6.00. The number of ether oxygens (including phenoxy) is 2. The van der Waals surface area contributed by atoms with E-state index in [1.165, 1.54) is 11.3 Å². The van der Waals surface area contributed by atoms with Crippen molar-refractivity contribution in [2.75, 3.05) is 19.8 Å². The molecule has 0 aromatic carbocycles. The van der Waals surface area contributed by atoms with Gasteiger partial charge in [0.1, 0.15) is 16.4 Å². The van der Waals surface area contributed by atoms with Crippen molar-refractivity contribution in [2.45, 2.75) is 13.2 Å². The first-order valence-corrected chi connectivity index (χ1v) is 7.93. The molecule has 1 fully saturated rings. The largest absolute Gasteiger partial charge is 0.396 e. The number of rotatable bonds is 4. The second-order valence-corrected chi connectivity index (χ2v) is 6.75. The van der Waals surface area contributed by atoms with Crippen molar-refractivity contribution in [3.8, 4) is 10.6 Å². The van der Waals surface area contributed by atoms with Crippen LogP contribution in [-0.2, 0) is 16.5 Å².